The fraction of sp³-hybridized carbons (Fsp3) is 0.333. The van der Waals surface area contributed by atoms with Crippen molar-refractivity contribution in [2.24, 2.45) is 5.92 Å². The lowest BCUT2D eigenvalue weighted by molar-refractivity contribution is -0.143. The van der Waals surface area contributed by atoms with Gasteiger partial charge in [0.1, 0.15) is 11.4 Å². The van der Waals surface area contributed by atoms with Crippen LogP contribution in [-0.4, -0.2) is 45.6 Å². The van der Waals surface area contributed by atoms with Crippen molar-refractivity contribution in [3.8, 4) is 17.0 Å². The van der Waals surface area contributed by atoms with E-state index in [0.717, 1.165) is 41.4 Å². The molecule has 1 aliphatic heterocycles. The van der Waals surface area contributed by atoms with Gasteiger partial charge in [0.05, 0.1) is 24.4 Å². The van der Waals surface area contributed by atoms with Crippen LogP contribution in [0.25, 0.3) is 16.9 Å². The van der Waals surface area contributed by atoms with Gasteiger partial charge in [-0.15, -0.1) is 0 Å². The number of likely N-dealkylation sites (tertiary alicyclic amines) is 1. The van der Waals surface area contributed by atoms with E-state index in [0.29, 0.717) is 25.1 Å². The minimum atomic E-state index is -0.693. The third-order valence-corrected chi connectivity index (χ3v) is 5.41. The van der Waals surface area contributed by atoms with E-state index >= 15 is 0 Å². The Morgan fingerprint density at radius 3 is 2.57 bits per heavy atom. The number of hydrogen-bond donors (Lipinski definition) is 2. The first kappa shape index (κ1) is 18.3. The second-order valence-electron chi connectivity index (χ2n) is 7.21. The zero-order valence-electron chi connectivity index (χ0n) is 15.8. The number of hydrogen-bond acceptors (Lipinski definition) is 5. The molecule has 1 fully saturated rings. The van der Waals surface area contributed by atoms with E-state index in [2.05, 4.69) is 4.90 Å². The molecule has 2 aromatic heterocycles. The Hall–Kier alpha value is -3.06. The van der Waals surface area contributed by atoms with Crippen LogP contribution < -0.4 is 10.5 Å². The second-order valence-corrected chi connectivity index (χ2v) is 7.21. The number of aliphatic carboxylic acids is 1. The van der Waals surface area contributed by atoms with Gasteiger partial charge >= 0.3 is 5.97 Å². The monoisotopic (exact) mass is 380 g/mol. The van der Waals surface area contributed by atoms with Gasteiger partial charge in [-0.1, -0.05) is 0 Å². The molecule has 146 valence electrons. The minimum absolute atomic E-state index is 0.241. The van der Waals surface area contributed by atoms with Crippen LogP contribution >= 0.6 is 0 Å². The molecule has 0 saturated carbocycles. The summed E-state index contributed by atoms with van der Waals surface area (Å²) in [5.41, 5.74) is 10.5. The lowest BCUT2D eigenvalue weighted by atomic mass is 9.97. The molecule has 0 spiro atoms. The third-order valence-electron chi connectivity index (χ3n) is 5.41. The van der Waals surface area contributed by atoms with Crippen LogP contribution in [0.1, 0.15) is 18.5 Å². The zero-order valence-corrected chi connectivity index (χ0v) is 15.8. The number of fused-ring (bicyclic) bond motifs is 1. The standard InChI is InChI=1S/C21H24N4O3/c1-28-17-5-2-14(3-6-17)20-18(25-12-16(22)4-7-19(25)23-20)13-24-10-8-15(9-11-24)21(26)27/h2-7,12,15H,8-11,13,22H2,1H3,(H,26,27). The fourth-order valence-electron chi connectivity index (χ4n) is 3.79. The Morgan fingerprint density at radius 2 is 1.93 bits per heavy atom. The number of pyridine rings is 1. The highest BCUT2D eigenvalue weighted by Crippen LogP contribution is 2.29. The van der Waals surface area contributed by atoms with Gasteiger partial charge in [0.2, 0.25) is 0 Å². The summed E-state index contributed by atoms with van der Waals surface area (Å²) < 4.78 is 7.30. The number of nitrogens with zero attached hydrogens (tertiary/aromatic N) is 3. The van der Waals surface area contributed by atoms with E-state index in [1.165, 1.54) is 0 Å². The highest BCUT2D eigenvalue weighted by Gasteiger charge is 2.26. The number of anilines is 1. The number of aromatic nitrogens is 2. The van der Waals surface area contributed by atoms with Gasteiger partial charge in [0.15, 0.2) is 0 Å². The number of rotatable bonds is 5. The molecular formula is C21H24N4O3. The number of carbonyl (C=O) groups is 1. The summed E-state index contributed by atoms with van der Waals surface area (Å²) in [4.78, 5) is 18.3. The van der Waals surface area contributed by atoms with Crippen LogP contribution in [0.4, 0.5) is 5.69 Å². The maximum absolute atomic E-state index is 11.2. The van der Waals surface area contributed by atoms with Crippen LogP contribution in [0.15, 0.2) is 42.6 Å². The summed E-state index contributed by atoms with van der Waals surface area (Å²) in [5, 5.41) is 9.23. The number of carboxylic acids is 1. The predicted molar refractivity (Wildman–Crippen MR) is 107 cm³/mol. The van der Waals surface area contributed by atoms with Gasteiger partial charge in [-0.3, -0.25) is 9.69 Å². The lowest BCUT2D eigenvalue weighted by Crippen LogP contribution is -2.36. The minimum Gasteiger partial charge on any atom is -0.497 e. The number of nitrogens with two attached hydrogens (primary N) is 1. The number of ether oxygens (including phenoxy) is 1. The summed E-state index contributed by atoms with van der Waals surface area (Å²) in [6, 6.07) is 11.6. The number of piperidine rings is 1. The second kappa shape index (κ2) is 7.52. The Bertz CT molecular complexity index is 989. The summed E-state index contributed by atoms with van der Waals surface area (Å²) in [6.07, 6.45) is 3.24. The summed E-state index contributed by atoms with van der Waals surface area (Å²) in [5.74, 6) is -0.134. The molecule has 1 saturated heterocycles. The molecular weight excluding hydrogens is 356 g/mol. The van der Waals surface area contributed by atoms with Gasteiger partial charge in [0, 0.05) is 24.0 Å². The van der Waals surface area contributed by atoms with E-state index in [4.69, 9.17) is 15.5 Å². The van der Waals surface area contributed by atoms with Gasteiger partial charge in [-0.2, -0.15) is 0 Å². The molecule has 0 amide bonds. The molecule has 1 aromatic carbocycles. The van der Waals surface area contributed by atoms with E-state index in [1.54, 1.807) is 7.11 Å². The SMILES string of the molecule is COc1ccc(-c2nc3ccc(N)cn3c2CN2CCC(C(=O)O)CC2)cc1. The quantitative estimate of drug-likeness (QED) is 0.707. The normalized spacial score (nSPS) is 15.8. The number of benzene rings is 1. The number of nitrogen functional groups attached to an aromatic ring is 1. The van der Waals surface area contributed by atoms with Crippen molar-refractivity contribution >= 4 is 17.3 Å². The lowest BCUT2D eigenvalue weighted by Gasteiger charge is -2.30. The van der Waals surface area contributed by atoms with Crippen molar-refractivity contribution < 1.29 is 14.6 Å². The third kappa shape index (κ3) is 3.53. The van der Waals surface area contributed by atoms with Crippen LogP contribution in [0.3, 0.4) is 0 Å². The van der Waals surface area contributed by atoms with Crippen LogP contribution in [0.5, 0.6) is 5.75 Å². The van der Waals surface area contributed by atoms with E-state index in [1.807, 2.05) is 47.0 Å². The van der Waals surface area contributed by atoms with E-state index < -0.39 is 5.97 Å². The van der Waals surface area contributed by atoms with Crippen molar-refractivity contribution in [3.05, 3.63) is 48.3 Å². The molecule has 7 heteroatoms. The van der Waals surface area contributed by atoms with Crippen LogP contribution in [-0.2, 0) is 11.3 Å². The Kier molecular flexibility index (Phi) is 4.92. The summed E-state index contributed by atoms with van der Waals surface area (Å²) >= 11 is 0. The zero-order chi connectivity index (χ0) is 19.7. The van der Waals surface area contributed by atoms with Gasteiger partial charge in [-0.05, 0) is 62.3 Å². The molecule has 1 aliphatic rings. The largest absolute Gasteiger partial charge is 0.497 e. The van der Waals surface area contributed by atoms with Crippen molar-refractivity contribution in [1.29, 1.82) is 0 Å². The highest BCUT2D eigenvalue weighted by molar-refractivity contribution is 5.70. The number of carboxylic acid groups (broad SMARTS) is 1. The van der Waals surface area contributed by atoms with Gasteiger partial charge in [-0.25, -0.2) is 4.98 Å². The molecule has 3 heterocycles. The number of imidazole rings is 1. The van der Waals surface area contributed by atoms with Crippen molar-refractivity contribution in [3.63, 3.8) is 0 Å². The van der Waals surface area contributed by atoms with Crippen molar-refractivity contribution in [2.75, 3.05) is 25.9 Å². The Labute approximate surface area is 163 Å². The molecule has 0 bridgehead atoms. The highest BCUT2D eigenvalue weighted by atomic mass is 16.5. The van der Waals surface area contributed by atoms with Crippen molar-refractivity contribution in [1.82, 2.24) is 14.3 Å². The molecule has 4 rings (SSSR count). The van der Waals surface area contributed by atoms with E-state index in [-0.39, 0.29) is 5.92 Å². The van der Waals surface area contributed by atoms with E-state index in [9.17, 15) is 9.90 Å². The first-order valence-electron chi connectivity index (χ1n) is 9.41. The first-order chi connectivity index (χ1) is 13.5. The first-order valence-corrected chi connectivity index (χ1v) is 9.41. The Morgan fingerprint density at radius 1 is 1.21 bits per heavy atom. The molecule has 28 heavy (non-hydrogen) atoms. The summed E-state index contributed by atoms with van der Waals surface area (Å²) in [7, 11) is 1.65. The summed E-state index contributed by atoms with van der Waals surface area (Å²) in [6.45, 7) is 2.21. The molecule has 0 unspecified atom stereocenters. The predicted octanol–water partition coefficient (Wildman–Crippen LogP) is 2.89. The molecule has 3 N–H and O–H groups in total. The van der Waals surface area contributed by atoms with Crippen LogP contribution in [0.2, 0.25) is 0 Å². The molecule has 0 radical (unpaired) electrons. The Balaban J connectivity index is 1.68. The molecule has 0 aliphatic carbocycles. The average Bonchev–Trinajstić information content (AvgIpc) is 3.06. The number of methoxy groups -OCH3 is 1. The molecule has 7 nitrogen and oxygen atoms in total. The fourth-order valence-corrected chi connectivity index (χ4v) is 3.79. The molecule has 0 atom stereocenters. The van der Waals surface area contributed by atoms with Crippen LogP contribution in [0, 0.1) is 5.92 Å². The smallest absolute Gasteiger partial charge is 0.306 e. The van der Waals surface area contributed by atoms with Crippen molar-refractivity contribution in [2.45, 2.75) is 19.4 Å². The van der Waals surface area contributed by atoms with Gasteiger partial charge < -0.3 is 20.0 Å². The van der Waals surface area contributed by atoms with Gasteiger partial charge in [0.25, 0.3) is 0 Å². The average molecular weight is 380 g/mol. The molecule has 3 aromatic rings. The maximum Gasteiger partial charge on any atom is 0.306 e. The topological polar surface area (TPSA) is 93.1 Å². The maximum atomic E-state index is 11.2.